The van der Waals surface area contributed by atoms with Gasteiger partial charge in [-0.05, 0) is 7.05 Å². The van der Waals surface area contributed by atoms with Crippen molar-refractivity contribution in [2.24, 2.45) is 0 Å². The predicted octanol–water partition coefficient (Wildman–Crippen LogP) is 1.19. The van der Waals surface area contributed by atoms with Crippen molar-refractivity contribution in [3.63, 3.8) is 0 Å². The molecule has 65 valence electrons. The molecule has 1 atom stereocenters. The van der Waals surface area contributed by atoms with Crippen molar-refractivity contribution in [1.82, 2.24) is 4.90 Å². The van der Waals surface area contributed by atoms with Gasteiger partial charge in [0, 0.05) is 32.7 Å². The molecule has 0 aromatic heterocycles. The van der Waals surface area contributed by atoms with E-state index >= 15 is 0 Å². The molecule has 4 heteroatoms. The molecule has 0 aliphatic heterocycles. The molecule has 0 saturated carbocycles. The van der Waals surface area contributed by atoms with E-state index in [9.17, 15) is 4.79 Å². The molecule has 2 nitrogen and oxygen atoms in total. The van der Waals surface area contributed by atoms with Gasteiger partial charge in [-0.2, -0.15) is 12.8 Å². The van der Waals surface area contributed by atoms with Crippen LogP contribution < -0.4 is 0 Å². The Balaban J connectivity index is -0.000000405. The molecule has 0 N–H and O–H groups in total. The summed E-state index contributed by atoms with van der Waals surface area (Å²) < 4.78 is 0. The van der Waals surface area contributed by atoms with Gasteiger partial charge in [0.2, 0.25) is 0 Å². The van der Waals surface area contributed by atoms with E-state index in [4.69, 9.17) is 0 Å². The van der Waals surface area contributed by atoms with Crippen LogP contribution in [0.2, 0.25) is 0 Å². The minimum atomic E-state index is 0. The van der Waals surface area contributed by atoms with E-state index in [0.29, 0.717) is 0 Å². The van der Waals surface area contributed by atoms with Crippen molar-refractivity contribution < 1.29 is 68.6 Å². The number of hydrogen-bond donors (Lipinski definition) is 0. The molecule has 0 aliphatic rings. The third-order valence-electron chi connectivity index (χ3n) is 1.48. The van der Waals surface area contributed by atoms with Crippen LogP contribution >= 0.6 is 0 Å². The average molecular weight is 467 g/mol. The summed E-state index contributed by atoms with van der Waals surface area (Å²) in [5.74, 6) is 0. The van der Waals surface area contributed by atoms with Crippen LogP contribution in [0.4, 0.5) is 0 Å². The molecule has 0 saturated heterocycles. The van der Waals surface area contributed by atoms with Gasteiger partial charge in [0.15, 0.2) is 0 Å². The van der Waals surface area contributed by atoms with E-state index < -0.39 is 0 Å². The zero-order chi connectivity index (χ0) is 7.98. The first kappa shape index (κ1) is 19.2. The van der Waals surface area contributed by atoms with Crippen LogP contribution in [0.1, 0.15) is 19.3 Å². The first-order valence-electron chi connectivity index (χ1n) is 3.45. The Kier molecular flexibility index (Phi) is 20.2. The summed E-state index contributed by atoms with van der Waals surface area (Å²) in [4.78, 5) is 11.5. The summed E-state index contributed by atoms with van der Waals surface area (Å²) >= 11 is 0. The topological polar surface area (TPSA) is 20.3 Å². The number of carbonyl (C=O) groups excluding carboxylic acids is 1. The van der Waals surface area contributed by atoms with Gasteiger partial charge in [-0.1, -0.05) is 12.8 Å². The summed E-state index contributed by atoms with van der Waals surface area (Å²) in [5, 5.41) is 0. The van der Waals surface area contributed by atoms with E-state index in [1.807, 2.05) is 0 Å². The second-order valence-electron chi connectivity index (χ2n) is 2.35. The van der Waals surface area contributed by atoms with Gasteiger partial charge >= 0.3 is 31.1 Å². The van der Waals surface area contributed by atoms with Crippen LogP contribution in [0.5, 0.6) is 0 Å². The Hall–Kier alpha value is 1.63. The van der Waals surface area contributed by atoms with Crippen LogP contribution in [0.25, 0.3) is 0 Å². The average Bonchev–Trinajstić information content (AvgIpc) is 1.98. The molecule has 0 unspecified atom stereocenters. The molecular formula is C8H14NOUY-. The van der Waals surface area contributed by atoms with Crippen LogP contribution in [0, 0.1) is 45.0 Å². The minimum absolute atomic E-state index is 0. The zero-order valence-electron chi connectivity index (χ0n) is 7.55. The fourth-order valence-corrected chi connectivity index (χ4v) is 0.648. The van der Waals surface area contributed by atoms with Gasteiger partial charge in [-0.3, -0.25) is 0 Å². The fourth-order valence-electron chi connectivity index (χ4n) is 0.648. The second kappa shape index (κ2) is 12.6. The maximum atomic E-state index is 10.1. The minimum Gasteiger partial charge on any atom is -0.542 e. The van der Waals surface area contributed by atoms with Gasteiger partial charge in [0.05, 0.1) is 0 Å². The number of nitrogens with zero attached hydrogens (tertiary/aromatic N) is 1. The van der Waals surface area contributed by atoms with Crippen molar-refractivity contribution in [1.29, 1.82) is 0 Å². The largest absolute Gasteiger partial charge is 2.00 e. The molecule has 1 amide bonds. The van der Waals surface area contributed by atoms with E-state index in [1.54, 1.807) is 13.5 Å². The molecule has 0 spiro atoms. The van der Waals surface area contributed by atoms with Gasteiger partial charge in [-0.25, -0.2) is 0 Å². The second-order valence-corrected chi connectivity index (χ2v) is 2.35. The van der Waals surface area contributed by atoms with Crippen molar-refractivity contribution in [3.8, 4) is 0 Å². The van der Waals surface area contributed by atoms with Gasteiger partial charge in [0.25, 0.3) is 0 Å². The molecule has 0 bridgehead atoms. The Morgan fingerprint density at radius 2 is 2.08 bits per heavy atom. The van der Waals surface area contributed by atoms with E-state index in [0.717, 1.165) is 19.3 Å². The maximum absolute atomic E-state index is 10.1. The van der Waals surface area contributed by atoms with Crippen LogP contribution in [-0.2, 0) is 37.5 Å². The van der Waals surface area contributed by atoms with Gasteiger partial charge < -0.3 is 23.5 Å². The summed E-state index contributed by atoms with van der Waals surface area (Å²) in [5.41, 5.74) is 0. The monoisotopic (exact) mass is 467 g/mol. The molecule has 0 fully saturated rings. The van der Waals surface area contributed by atoms with Crippen molar-refractivity contribution >= 4 is 6.41 Å². The van der Waals surface area contributed by atoms with Crippen molar-refractivity contribution in [3.05, 3.63) is 13.8 Å². The summed E-state index contributed by atoms with van der Waals surface area (Å²) in [7, 11) is 1.69. The Morgan fingerprint density at radius 3 is 2.42 bits per heavy atom. The fraction of sp³-hybridized carbons (Fsp3) is 0.625. The number of hydrogen-bond acceptors (Lipinski definition) is 1. The summed E-state index contributed by atoms with van der Waals surface area (Å²) in [6.45, 7) is 7.48. The predicted molar refractivity (Wildman–Crippen MR) is 41.8 cm³/mol. The number of amides is 1. The standard InChI is InChI=1S/C8H14NO.U.Y/c1-4-5-6-8(2)9(3)7-10;;/h8H,1-2,4-6H2,3H3;;/q-3;+2;/t8-;;/m1../s1. The molecule has 0 aliphatic carbocycles. The molecular weight excluding hydrogens is 453 g/mol. The normalized spacial score (nSPS) is 10.6. The first-order chi connectivity index (χ1) is 4.72. The van der Waals surface area contributed by atoms with Gasteiger partial charge in [0.1, 0.15) is 0 Å². The smallest absolute Gasteiger partial charge is 0.542 e. The van der Waals surface area contributed by atoms with E-state index in [2.05, 4.69) is 13.8 Å². The molecule has 0 rings (SSSR count). The third kappa shape index (κ3) is 9.71. The summed E-state index contributed by atoms with van der Waals surface area (Å²) in [6, 6.07) is 0.0549. The number of unbranched alkanes of at least 4 members (excludes halogenated alkanes) is 1. The van der Waals surface area contributed by atoms with E-state index in [1.165, 1.54) is 4.90 Å². The molecule has 0 aromatic rings. The molecule has 0 heterocycles. The summed E-state index contributed by atoms with van der Waals surface area (Å²) in [6.07, 6.45) is 4.60. The zero-order valence-corrected chi connectivity index (χ0v) is 14.5. The first-order valence-corrected chi connectivity index (χ1v) is 3.45. The molecule has 12 heavy (non-hydrogen) atoms. The maximum Gasteiger partial charge on any atom is 2.00 e. The SMILES string of the molecule is [CH2-]CCC[C@@H]([CH2-])N(C)[C-]=O.[U+2].[Y]. The van der Waals surface area contributed by atoms with Crippen molar-refractivity contribution in [2.75, 3.05) is 7.05 Å². The Bertz CT molecular complexity index is 103. The van der Waals surface area contributed by atoms with Crippen LogP contribution in [0.15, 0.2) is 0 Å². The Morgan fingerprint density at radius 1 is 1.58 bits per heavy atom. The van der Waals surface area contributed by atoms with Crippen LogP contribution in [0.3, 0.4) is 0 Å². The number of rotatable bonds is 5. The van der Waals surface area contributed by atoms with E-state index in [-0.39, 0.29) is 69.9 Å². The quantitative estimate of drug-likeness (QED) is 0.440. The third-order valence-corrected chi connectivity index (χ3v) is 1.48. The van der Waals surface area contributed by atoms with Crippen LogP contribution in [-0.4, -0.2) is 24.4 Å². The molecule has 1 radical (unpaired) electrons. The van der Waals surface area contributed by atoms with Gasteiger partial charge in [-0.15, -0.1) is 6.04 Å². The molecule has 0 aromatic carbocycles. The van der Waals surface area contributed by atoms with Crippen molar-refractivity contribution in [2.45, 2.75) is 25.3 Å². The Labute approximate surface area is 124 Å².